The maximum Gasteiger partial charge on any atom is 0.246 e. The number of likely N-dealkylation sites (tertiary alicyclic amines) is 1. The molecule has 0 spiro atoms. The van der Waals surface area contributed by atoms with Crippen molar-refractivity contribution in [3.8, 4) is 17.1 Å². The molecular formula is C21H24N6O2. The van der Waals surface area contributed by atoms with Crippen molar-refractivity contribution in [2.45, 2.75) is 32.4 Å². The number of hydrogen-bond donors (Lipinski definition) is 0. The quantitative estimate of drug-likeness (QED) is 0.637. The number of aromatic nitrogens is 5. The second kappa shape index (κ2) is 6.17. The number of rotatable bonds is 4. The van der Waals surface area contributed by atoms with Crippen LogP contribution in [0.1, 0.15) is 20.3 Å². The van der Waals surface area contributed by atoms with Crippen LogP contribution in [-0.2, 0) is 11.8 Å². The van der Waals surface area contributed by atoms with Gasteiger partial charge in [0, 0.05) is 42.7 Å². The first-order valence-electron chi connectivity index (χ1n) is 9.83. The topological polar surface area (TPSA) is 77.6 Å². The lowest BCUT2D eigenvalue weighted by Gasteiger charge is -2.56. The van der Waals surface area contributed by atoms with Crippen LogP contribution >= 0.6 is 0 Å². The van der Waals surface area contributed by atoms with Crippen LogP contribution in [0, 0.1) is 11.3 Å². The Balaban J connectivity index is 1.49. The predicted molar refractivity (Wildman–Crippen MR) is 107 cm³/mol. The third-order valence-electron chi connectivity index (χ3n) is 6.38. The van der Waals surface area contributed by atoms with Crippen molar-refractivity contribution in [1.29, 1.82) is 0 Å². The van der Waals surface area contributed by atoms with Crippen LogP contribution in [0.15, 0.2) is 43.5 Å². The van der Waals surface area contributed by atoms with Crippen LogP contribution in [0.3, 0.4) is 0 Å². The van der Waals surface area contributed by atoms with Crippen molar-refractivity contribution in [3.05, 3.63) is 43.5 Å². The van der Waals surface area contributed by atoms with Gasteiger partial charge in [-0.2, -0.15) is 10.2 Å². The second-order valence-corrected chi connectivity index (χ2v) is 8.49. The van der Waals surface area contributed by atoms with Crippen molar-refractivity contribution in [2.75, 3.05) is 6.54 Å². The molecule has 4 heterocycles. The van der Waals surface area contributed by atoms with Gasteiger partial charge < -0.3 is 9.64 Å². The van der Waals surface area contributed by atoms with Gasteiger partial charge in [-0.15, -0.1) is 0 Å². The molecule has 0 radical (unpaired) electrons. The Hall–Kier alpha value is -3.16. The lowest BCUT2D eigenvalue weighted by atomic mass is 9.57. The van der Waals surface area contributed by atoms with Crippen LogP contribution < -0.4 is 4.74 Å². The number of carbonyl (C=O) groups is 1. The fourth-order valence-corrected chi connectivity index (χ4v) is 5.09. The Bertz CT molecular complexity index is 1110. The third kappa shape index (κ3) is 2.58. The number of hydrogen-bond acceptors (Lipinski definition) is 5. The van der Waals surface area contributed by atoms with Crippen LogP contribution in [0.5, 0.6) is 5.88 Å². The SMILES string of the molecule is C=CC(=O)N1CC[C@@H]2[C@H](Oc3nc(-c4cnn(C)c4)cn4nccc34)C(C)(C)[C@@H]21. The Kier molecular flexibility index (Phi) is 3.81. The summed E-state index contributed by atoms with van der Waals surface area (Å²) in [6, 6.07) is 2.07. The highest BCUT2D eigenvalue weighted by Crippen LogP contribution is 2.55. The molecule has 1 aliphatic carbocycles. The van der Waals surface area contributed by atoms with Crippen molar-refractivity contribution in [1.82, 2.24) is 29.3 Å². The molecule has 0 aromatic carbocycles. The summed E-state index contributed by atoms with van der Waals surface area (Å²) in [4.78, 5) is 19.0. The fraction of sp³-hybridized carbons (Fsp3) is 0.429. The Morgan fingerprint density at radius 3 is 2.90 bits per heavy atom. The van der Waals surface area contributed by atoms with E-state index in [2.05, 4.69) is 30.6 Å². The lowest BCUT2D eigenvalue weighted by molar-refractivity contribution is -0.152. The van der Waals surface area contributed by atoms with Gasteiger partial charge >= 0.3 is 0 Å². The van der Waals surface area contributed by atoms with Crippen LogP contribution in [0.4, 0.5) is 0 Å². The zero-order valence-electron chi connectivity index (χ0n) is 16.8. The first kappa shape index (κ1) is 17.9. The van der Waals surface area contributed by atoms with E-state index in [1.165, 1.54) is 6.08 Å². The molecular weight excluding hydrogens is 368 g/mol. The summed E-state index contributed by atoms with van der Waals surface area (Å²) >= 11 is 0. The summed E-state index contributed by atoms with van der Waals surface area (Å²) in [6.45, 7) is 8.71. The molecule has 5 rings (SSSR count). The van der Waals surface area contributed by atoms with Crippen molar-refractivity contribution in [2.24, 2.45) is 18.4 Å². The summed E-state index contributed by atoms with van der Waals surface area (Å²) in [7, 11) is 1.88. The van der Waals surface area contributed by atoms with E-state index in [9.17, 15) is 4.79 Å². The van der Waals surface area contributed by atoms with Gasteiger partial charge in [-0.25, -0.2) is 9.50 Å². The minimum atomic E-state index is -0.178. The van der Waals surface area contributed by atoms with E-state index in [0.29, 0.717) is 11.8 Å². The minimum Gasteiger partial charge on any atom is -0.472 e. The standard InChI is InChI=1S/C21H24N6O2/c1-5-17(28)26-9-7-14-18(26)21(2,3)19(14)29-20-16-6-8-22-27(16)12-15(24-20)13-10-23-25(4)11-13/h5-6,8,10-12,14,18-19H,1,7,9H2,2-4H3/t14-,18+,19-/m0/s1. The van der Waals surface area contributed by atoms with E-state index in [1.54, 1.807) is 21.6 Å². The van der Waals surface area contributed by atoms with Gasteiger partial charge in [-0.1, -0.05) is 20.4 Å². The van der Waals surface area contributed by atoms with E-state index in [4.69, 9.17) is 9.72 Å². The number of amides is 1. The Labute approximate surface area is 168 Å². The molecule has 3 aromatic rings. The van der Waals surface area contributed by atoms with E-state index in [1.807, 2.05) is 30.4 Å². The number of aryl methyl sites for hydroxylation is 1. The predicted octanol–water partition coefficient (Wildman–Crippen LogP) is 2.32. The third-order valence-corrected chi connectivity index (χ3v) is 6.38. The average molecular weight is 392 g/mol. The van der Waals surface area contributed by atoms with Crippen LogP contribution in [-0.4, -0.2) is 53.9 Å². The minimum absolute atomic E-state index is 0.00101. The highest BCUT2D eigenvalue weighted by molar-refractivity contribution is 5.87. The van der Waals surface area contributed by atoms with Gasteiger partial charge in [0.2, 0.25) is 11.8 Å². The summed E-state index contributed by atoms with van der Waals surface area (Å²) < 4.78 is 10.1. The van der Waals surface area contributed by atoms with Gasteiger partial charge in [0.1, 0.15) is 11.6 Å². The summed E-state index contributed by atoms with van der Waals surface area (Å²) in [5, 5.41) is 8.62. The number of nitrogens with zero attached hydrogens (tertiary/aromatic N) is 6. The zero-order valence-corrected chi connectivity index (χ0v) is 16.8. The number of fused-ring (bicyclic) bond motifs is 2. The van der Waals surface area contributed by atoms with Gasteiger partial charge in [0.15, 0.2) is 0 Å². The molecule has 150 valence electrons. The molecule has 1 amide bonds. The van der Waals surface area contributed by atoms with Crippen LogP contribution in [0.25, 0.3) is 16.8 Å². The highest BCUT2D eigenvalue weighted by Gasteiger charge is 2.63. The lowest BCUT2D eigenvalue weighted by Crippen LogP contribution is -2.66. The second-order valence-electron chi connectivity index (χ2n) is 8.49. The molecule has 2 aliphatic rings. The Morgan fingerprint density at radius 1 is 1.34 bits per heavy atom. The fourth-order valence-electron chi connectivity index (χ4n) is 5.09. The molecule has 1 saturated heterocycles. The first-order chi connectivity index (χ1) is 13.9. The molecule has 1 aliphatic heterocycles. The van der Waals surface area contributed by atoms with E-state index < -0.39 is 0 Å². The van der Waals surface area contributed by atoms with Gasteiger partial charge in [0.25, 0.3) is 0 Å². The summed E-state index contributed by atoms with van der Waals surface area (Å²) in [6.07, 6.45) is 9.63. The first-order valence-corrected chi connectivity index (χ1v) is 9.83. The number of carbonyl (C=O) groups excluding carboxylic acids is 1. The monoisotopic (exact) mass is 392 g/mol. The van der Waals surface area contributed by atoms with Crippen molar-refractivity contribution >= 4 is 11.4 Å². The van der Waals surface area contributed by atoms with E-state index >= 15 is 0 Å². The molecule has 8 nitrogen and oxygen atoms in total. The molecule has 0 bridgehead atoms. The largest absolute Gasteiger partial charge is 0.472 e. The summed E-state index contributed by atoms with van der Waals surface area (Å²) in [5.74, 6) is 0.855. The normalized spacial score (nSPS) is 24.9. The van der Waals surface area contributed by atoms with Gasteiger partial charge in [-0.05, 0) is 18.6 Å². The van der Waals surface area contributed by atoms with Crippen LogP contribution in [0.2, 0.25) is 0 Å². The van der Waals surface area contributed by atoms with E-state index in [-0.39, 0.29) is 23.5 Å². The molecule has 0 unspecified atom stereocenters. The molecule has 3 atom stereocenters. The average Bonchev–Trinajstić information content (AvgIpc) is 3.43. The smallest absolute Gasteiger partial charge is 0.246 e. The molecule has 3 aromatic heterocycles. The zero-order chi connectivity index (χ0) is 20.3. The molecule has 8 heteroatoms. The van der Waals surface area contributed by atoms with Crippen molar-refractivity contribution in [3.63, 3.8) is 0 Å². The molecule has 2 fully saturated rings. The maximum absolute atomic E-state index is 12.2. The number of ether oxygens (including phenoxy) is 1. The van der Waals surface area contributed by atoms with Crippen molar-refractivity contribution < 1.29 is 9.53 Å². The Morgan fingerprint density at radius 2 is 2.17 bits per heavy atom. The van der Waals surface area contributed by atoms with E-state index in [0.717, 1.165) is 29.7 Å². The molecule has 29 heavy (non-hydrogen) atoms. The van der Waals surface area contributed by atoms with Gasteiger partial charge in [0.05, 0.1) is 24.3 Å². The molecule has 1 saturated carbocycles. The highest BCUT2D eigenvalue weighted by atomic mass is 16.5. The molecule has 0 N–H and O–H groups in total. The maximum atomic E-state index is 12.2. The summed E-state index contributed by atoms with van der Waals surface area (Å²) in [5.41, 5.74) is 2.31. The van der Waals surface area contributed by atoms with Gasteiger partial charge in [-0.3, -0.25) is 9.48 Å².